The fraction of sp³-hybridized carbons (Fsp3) is 0.0800. The Kier molecular flexibility index (Phi) is 6.10. The van der Waals surface area contributed by atoms with Crippen molar-refractivity contribution in [3.8, 4) is 16.9 Å². The van der Waals surface area contributed by atoms with Crippen LogP contribution >= 0.6 is 15.9 Å². The van der Waals surface area contributed by atoms with E-state index in [1.54, 1.807) is 19.3 Å². The number of carbonyl (C=O) groups excluding carboxylic acids is 1. The normalized spacial score (nSPS) is 11.6. The summed E-state index contributed by atoms with van der Waals surface area (Å²) >= 11 is 3.44. The predicted octanol–water partition coefficient (Wildman–Crippen LogP) is 7.19. The van der Waals surface area contributed by atoms with E-state index in [1.165, 1.54) is 19.3 Å². The summed E-state index contributed by atoms with van der Waals surface area (Å²) in [5.41, 5.74) is 3.72. The topological polar surface area (TPSA) is 51.5 Å². The molecule has 32 heavy (non-hydrogen) atoms. The van der Waals surface area contributed by atoms with Gasteiger partial charge in [-0.05, 0) is 48.4 Å². The second-order valence-electron chi connectivity index (χ2n) is 7.15. The maximum absolute atomic E-state index is 13.9. The molecule has 0 aliphatic heterocycles. The quantitative estimate of drug-likeness (QED) is 0.297. The zero-order valence-corrected chi connectivity index (χ0v) is 18.8. The summed E-state index contributed by atoms with van der Waals surface area (Å²) in [4.78, 5) is 12.5. The summed E-state index contributed by atoms with van der Waals surface area (Å²) < 4.78 is 39.1. The van der Waals surface area contributed by atoms with Crippen LogP contribution in [0.3, 0.4) is 0 Å². The van der Waals surface area contributed by atoms with Gasteiger partial charge in [0.05, 0.1) is 19.1 Å². The Bertz CT molecular complexity index is 1340. The molecule has 0 spiro atoms. The number of benzene rings is 3. The summed E-state index contributed by atoms with van der Waals surface area (Å²) in [7, 11) is 1.53. The van der Waals surface area contributed by atoms with Gasteiger partial charge in [0.1, 0.15) is 23.0 Å². The summed E-state index contributed by atoms with van der Waals surface area (Å²) in [6, 6.07) is 14.5. The number of ether oxygens (including phenoxy) is 1. The van der Waals surface area contributed by atoms with Gasteiger partial charge in [-0.15, -0.1) is 0 Å². The molecule has 7 heteroatoms. The monoisotopic (exact) mass is 497 g/mol. The number of hydrogen-bond acceptors (Lipinski definition) is 3. The molecule has 162 valence electrons. The third-order valence-corrected chi connectivity index (χ3v) is 5.54. The molecule has 1 N–H and O–H groups in total. The van der Waals surface area contributed by atoms with Gasteiger partial charge in [0.15, 0.2) is 0 Å². The fourth-order valence-corrected chi connectivity index (χ4v) is 3.68. The molecule has 1 aromatic heterocycles. The highest BCUT2D eigenvalue weighted by Gasteiger charge is 2.15. The van der Waals surface area contributed by atoms with E-state index in [9.17, 15) is 13.6 Å². The van der Waals surface area contributed by atoms with Crippen molar-refractivity contribution in [2.45, 2.75) is 6.92 Å². The Balaban J connectivity index is 1.70. The zero-order chi connectivity index (χ0) is 22.8. The molecular formula is C25H18BrF2NO3. The Hall–Kier alpha value is -3.45. The van der Waals surface area contributed by atoms with Crippen LogP contribution in [-0.4, -0.2) is 13.0 Å². The first-order valence-electron chi connectivity index (χ1n) is 9.65. The predicted molar refractivity (Wildman–Crippen MR) is 125 cm³/mol. The lowest BCUT2D eigenvalue weighted by molar-refractivity contribution is -0.111. The summed E-state index contributed by atoms with van der Waals surface area (Å²) in [5, 5.41) is 3.29. The minimum absolute atomic E-state index is 0.102. The van der Waals surface area contributed by atoms with Gasteiger partial charge in [-0.2, -0.15) is 0 Å². The van der Waals surface area contributed by atoms with Crippen LogP contribution in [0.5, 0.6) is 5.75 Å². The third kappa shape index (κ3) is 4.43. The number of halogens is 3. The molecule has 0 bridgehead atoms. The number of carbonyl (C=O) groups is 1. The van der Waals surface area contributed by atoms with Crippen LogP contribution in [0, 0.1) is 11.6 Å². The van der Waals surface area contributed by atoms with Crippen molar-refractivity contribution in [1.29, 1.82) is 0 Å². The molecule has 1 heterocycles. The molecule has 4 aromatic rings. The number of methoxy groups -OCH3 is 1. The minimum Gasteiger partial charge on any atom is -0.496 e. The van der Waals surface area contributed by atoms with Crippen LogP contribution in [0.4, 0.5) is 14.5 Å². The molecule has 0 atom stereocenters. The summed E-state index contributed by atoms with van der Waals surface area (Å²) in [6.07, 6.45) is 3.02. The van der Waals surface area contributed by atoms with E-state index in [-0.39, 0.29) is 5.69 Å². The minimum atomic E-state index is -0.846. The molecule has 0 saturated heterocycles. The maximum Gasteiger partial charge on any atom is 0.248 e. The van der Waals surface area contributed by atoms with Gasteiger partial charge >= 0.3 is 0 Å². The van der Waals surface area contributed by atoms with Crippen LogP contribution < -0.4 is 10.1 Å². The van der Waals surface area contributed by atoms with Crippen LogP contribution in [0.2, 0.25) is 0 Å². The smallest absolute Gasteiger partial charge is 0.248 e. The van der Waals surface area contributed by atoms with Crippen LogP contribution in [0.25, 0.3) is 27.7 Å². The Morgan fingerprint density at radius 1 is 1.09 bits per heavy atom. The molecule has 4 rings (SSSR count). The van der Waals surface area contributed by atoms with Crippen LogP contribution in [0.15, 0.2) is 75.8 Å². The summed E-state index contributed by atoms with van der Waals surface area (Å²) in [6.45, 7) is 1.75. The Morgan fingerprint density at radius 2 is 1.84 bits per heavy atom. The van der Waals surface area contributed by atoms with Crippen molar-refractivity contribution >= 4 is 44.1 Å². The van der Waals surface area contributed by atoms with Gasteiger partial charge < -0.3 is 14.5 Å². The lowest BCUT2D eigenvalue weighted by Gasteiger charge is -2.10. The van der Waals surface area contributed by atoms with E-state index in [4.69, 9.17) is 9.15 Å². The van der Waals surface area contributed by atoms with Crippen LogP contribution in [0.1, 0.15) is 12.5 Å². The molecule has 0 saturated carbocycles. The Labute approximate surface area is 191 Å². The molecule has 0 aliphatic carbocycles. The largest absolute Gasteiger partial charge is 0.496 e. The van der Waals surface area contributed by atoms with Gasteiger partial charge in [-0.1, -0.05) is 28.1 Å². The number of hydrogen-bond donors (Lipinski definition) is 1. The molecule has 3 aromatic carbocycles. The highest BCUT2D eigenvalue weighted by Crippen LogP contribution is 2.37. The average molecular weight is 498 g/mol. The SMILES string of the molecule is COc1cc2occ(-c3ccc(Br)cc3)c2cc1/C(C)=C/C(=O)Nc1ccc(F)cc1F. The van der Waals surface area contributed by atoms with E-state index in [2.05, 4.69) is 21.2 Å². The lowest BCUT2D eigenvalue weighted by atomic mass is 9.99. The molecule has 4 nitrogen and oxygen atoms in total. The van der Waals surface area contributed by atoms with Gasteiger partial charge in [-0.3, -0.25) is 4.79 Å². The molecule has 0 aliphatic rings. The second-order valence-corrected chi connectivity index (χ2v) is 8.06. The van der Waals surface area contributed by atoms with Crippen molar-refractivity contribution in [2.24, 2.45) is 0 Å². The standard InChI is InChI=1S/C25H18BrF2NO3/c1-14(9-25(30)29-22-8-7-17(27)10-21(22)28)18-11-19-20(15-3-5-16(26)6-4-15)13-32-24(19)12-23(18)31-2/h3-13H,1-2H3,(H,29,30)/b14-9+. The number of nitrogens with one attached hydrogen (secondary N) is 1. The second kappa shape index (κ2) is 8.96. The highest BCUT2D eigenvalue weighted by atomic mass is 79.9. The molecule has 0 unspecified atom stereocenters. The third-order valence-electron chi connectivity index (χ3n) is 5.01. The van der Waals surface area contributed by atoms with Crippen molar-refractivity contribution in [3.05, 3.63) is 88.6 Å². The van der Waals surface area contributed by atoms with Gasteiger partial charge in [0.2, 0.25) is 5.91 Å². The number of allylic oxidation sites excluding steroid dienone is 1. The van der Waals surface area contributed by atoms with Gasteiger partial charge in [0.25, 0.3) is 0 Å². The highest BCUT2D eigenvalue weighted by molar-refractivity contribution is 9.10. The van der Waals surface area contributed by atoms with Crippen molar-refractivity contribution in [3.63, 3.8) is 0 Å². The van der Waals surface area contributed by atoms with Gasteiger partial charge in [-0.25, -0.2) is 8.78 Å². The van der Waals surface area contributed by atoms with E-state index in [0.717, 1.165) is 27.1 Å². The number of anilines is 1. The van der Waals surface area contributed by atoms with E-state index < -0.39 is 17.5 Å². The van der Waals surface area contributed by atoms with Crippen molar-refractivity contribution in [1.82, 2.24) is 0 Å². The number of rotatable bonds is 5. The number of amides is 1. The first-order chi connectivity index (χ1) is 15.4. The van der Waals surface area contributed by atoms with E-state index >= 15 is 0 Å². The van der Waals surface area contributed by atoms with Crippen molar-refractivity contribution in [2.75, 3.05) is 12.4 Å². The zero-order valence-electron chi connectivity index (χ0n) is 17.2. The van der Waals surface area contributed by atoms with Crippen molar-refractivity contribution < 1.29 is 22.7 Å². The van der Waals surface area contributed by atoms with Gasteiger partial charge in [0, 0.05) is 39.2 Å². The number of fused-ring (bicyclic) bond motifs is 1. The van der Waals surface area contributed by atoms with Crippen LogP contribution in [-0.2, 0) is 4.79 Å². The van der Waals surface area contributed by atoms with E-state index in [1.807, 2.05) is 30.3 Å². The first-order valence-corrected chi connectivity index (χ1v) is 10.4. The first kappa shape index (κ1) is 21.8. The van der Waals surface area contributed by atoms with E-state index in [0.29, 0.717) is 28.5 Å². The lowest BCUT2D eigenvalue weighted by Crippen LogP contribution is -2.10. The fourth-order valence-electron chi connectivity index (χ4n) is 3.42. The summed E-state index contributed by atoms with van der Waals surface area (Å²) in [5.74, 6) is -1.58. The maximum atomic E-state index is 13.9. The average Bonchev–Trinajstić information content (AvgIpc) is 3.18. The number of furan rings is 1. The Morgan fingerprint density at radius 3 is 2.53 bits per heavy atom. The molecule has 0 fully saturated rings. The molecule has 1 amide bonds. The molecular weight excluding hydrogens is 480 g/mol. The molecule has 0 radical (unpaired) electrons.